The molecule has 4 aromatic rings. The smallest absolute Gasteiger partial charge is 0.257 e. The molecule has 0 radical (unpaired) electrons. The highest BCUT2D eigenvalue weighted by atomic mass is 32.1. The van der Waals surface area contributed by atoms with Gasteiger partial charge in [0.05, 0.1) is 28.4 Å². The summed E-state index contributed by atoms with van der Waals surface area (Å²) in [5, 5.41) is 15.9. The molecule has 11 heteroatoms. The standard InChI is InChI=1S/C20H19N5O5S/c1-27-13-7-12(8-14(10-13)28-2)18(26)21-19-24-25-17(22-23-20(25)31-19)11-5-6-15(29-3)16(9-11)30-4/h5-10H,1-4H3,(H,21,24,26). The van der Waals surface area contributed by atoms with Crippen LogP contribution in [0.25, 0.3) is 16.3 Å². The Morgan fingerprint density at radius 3 is 2.26 bits per heavy atom. The molecule has 2 aromatic heterocycles. The molecular formula is C20H19N5O5S. The van der Waals surface area contributed by atoms with Gasteiger partial charge in [0, 0.05) is 17.2 Å². The minimum Gasteiger partial charge on any atom is -0.497 e. The number of carbonyl (C=O) groups is 1. The predicted octanol–water partition coefficient (Wildman–Crippen LogP) is 3.14. The fraction of sp³-hybridized carbons (Fsp3) is 0.200. The molecule has 2 heterocycles. The van der Waals surface area contributed by atoms with Crippen molar-refractivity contribution in [2.24, 2.45) is 0 Å². The van der Waals surface area contributed by atoms with E-state index in [-0.39, 0.29) is 5.91 Å². The van der Waals surface area contributed by atoms with E-state index in [0.29, 0.717) is 44.5 Å². The predicted molar refractivity (Wildman–Crippen MR) is 115 cm³/mol. The maximum Gasteiger partial charge on any atom is 0.257 e. The van der Waals surface area contributed by atoms with Crippen LogP contribution in [0.1, 0.15) is 10.4 Å². The van der Waals surface area contributed by atoms with Crippen LogP contribution in [0.4, 0.5) is 5.13 Å². The van der Waals surface area contributed by atoms with Crippen LogP contribution >= 0.6 is 11.3 Å². The van der Waals surface area contributed by atoms with E-state index in [0.717, 1.165) is 5.56 Å². The number of amides is 1. The molecule has 4 rings (SSSR count). The van der Waals surface area contributed by atoms with Crippen molar-refractivity contribution in [1.82, 2.24) is 19.8 Å². The van der Waals surface area contributed by atoms with Crippen molar-refractivity contribution in [1.29, 1.82) is 0 Å². The number of carbonyl (C=O) groups excluding carboxylic acids is 1. The third-order valence-electron chi connectivity index (χ3n) is 4.47. The van der Waals surface area contributed by atoms with Gasteiger partial charge >= 0.3 is 0 Å². The average Bonchev–Trinajstić information content (AvgIpc) is 3.38. The number of methoxy groups -OCH3 is 4. The summed E-state index contributed by atoms with van der Waals surface area (Å²) >= 11 is 1.20. The zero-order chi connectivity index (χ0) is 22.0. The van der Waals surface area contributed by atoms with Crippen LogP contribution in [-0.4, -0.2) is 54.2 Å². The first-order valence-electron chi connectivity index (χ1n) is 9.05. The first kappa shape index (κ1) is 20.4. The summed E-state index contributed by atoms with van der Waals surface area (Å²) in [6.07, 6.45) is 0. The normalized spacial score (nSPS) is 10.7. The van der Waals surface area contributed by atoms with Crippen molar-refractivity contribution in [3.63, 3.8) is 0 Å². The van der Waals surface area contributed by atoms with Gasteiger partial charge in [-0.2, -0.15) is 4.52 Å². The lowest BCUT2D eigenvalue weighted by atomic mass is 10.2. The second-order valence-corrected chi connectivity index (χ2v) is 7.21. The summed E-state index contributed by atoms with van der Waals surface area (Å²) in [7, 11) is 6.18. The van der Waals surface area contributed by atoms with Crippen molar-refractivity contribution < 1.29 is 23.7 Å². The van der Waals surface area contributed by atoms with Gasteiger partial charge in [0.1, 0.15) is 11.5 Å². The van der Waals surface area contributed by atoms with Crippen molar-refractivity contribution in [3.8, 4) is 34.4 Å². The number of hydrogen-bond donors (Lipinski definition) is 1. The van der Waals surface area contributed by atoms with Gasteiger partial charge in [-0.05, 0) is 30.3 Å². The van der Waals surface area contributed by atoms with Crippen molar-refractivity contribution in [2.75, 3.05) is 33.8 Å². The van der Waals surface area contributed by atoms with Gasteiger partial charge in [0.15, 0.2) is 17.3 Å². The maximum atomic E-state index is 12.7. The number of benzene rings is 2. The summed E-state index contributed by atoms with van der Waals surface area (Å²) in [5.74, 6) is 2.35. The number of nitrogens with one attached hydrogen (secondary N) is 1. The zero-order valence-electron chi connectivity index (χ0n) is 17.2. The van der Waals surface area contributed by atoms with Crippen LogP contribution < -0.4 is 24.3 Å². The minimum absolute atomic E-state index is 0.352. The Balaban J connectivity index is 1.63. The number of fused-ring (bicyclic) bond motifs is 1. The highest BCUT2D eigenvalue weighted by Gasteiger charge is 2.18. The number of ether oxygens (including phenoxy) is 4. The fourth-order valence-electron chi connectivity index (χ4n) is 2.93. The van der Waals surface area contributed by atoms with Crippen molar-refractivity contribution in [2.45, 2.75) is 0 Å². The molecule has 0 aliphatic heterocycles. The number of rotatable bonds is 7. The molecule has 2 aromatic carbocycles. The summed E-state index contributed by atoms with van der Waals surface area (Å²) < 4.78 is 22.6. The van der Waals surface area contributed by atoms with Gasteiger partial charge in [-0.3, -0.25) is 10.1 Å². The lowest BCUT2D eigenvalue weighted by Gasteiger charge is -2.08. The SMILES string of the molecule is COc1cc(OC)cc(C(=O)Nc2nn3c(-c4ccc(OC)c(OC)c4)nnc3s2)c1. The number of aromatic nitrogens is 4. The van der Waals surface area contributed by atoms with E-state index in [1.165, 1.54) is 25.6 Å². The fourth-order valence-corrected chi connectivity index (χ4v) is 3.67. The topological polar surface area (TPSA) is 109 Å². The van der Waals surface area contributed by atoms with Gasteiger partial charge in [0.2, 0.25) is 10.1 Å². The highest BCUT2D eigenvalue weighted by molar-refractivity contribution is 7.20. The highest BCUT2D eigenvalue weighted by Crippen LogP contribution is 2.32. The Hall–Kier alpha value is -3.86. The Kier molecular flexibility index (Phi) is 5.58. The summed E-state index contributed by atoms with van der Waals surface area (Å²) in [4.78, 5) is 13.3. The van der Waals surface area contributed by atoms with Gasteiger partial charge in [0.25, 0.3) is 5.91 Å². The molecule has 0 spiro atoms. The second kappa shape index (κ2) is 8.48. The molecule has 31 heavy (non-hydrogen) atoms. The first-order valence-corrected chi connectivity index (χ1v) is 9.87. The summed E-state index contributed by atoms with van der Waals surface area (Å²) in [5.41, 5.74) is 1.12. The molecule has 0 unspecified atom stereocenters. The van der Waals surface area contributed by atoms with Crippen LogP contribution in [0.15, 0.2) is 36.4 Å². The zero-order valence-corrected chi connectivity index (χ0v) is 18.0. The van der Waals surface area contributed by atoms with Crippen molar-refractivity contribution >= 4 is 27.3 Å². The van der Waals surface area contributed by atoms with E-state index in [1.54, 1.807) is 49.1 Å². The lowest BCUT2D eigenvalue weighted by molar-refractivity contribution is 0.102. The Bertz CT molecular complexity index is 1230. The summed E-state index contributed by atoms with van der Waals surface area (Å²) in [6.45, 7) is 0. The Morgan fingerprint density at radius 2 is 1.61 bits per heavy atom. The van der Waals surface area contributed by atoms with Crippen LogP contribution in [0.3, 0.4) is 0 Å². The van der Waals surface area contributed by atoms with Gasteiger partial charge in [-0.1, -0.05) is 11.3 Å². The molecule has 0 atom stereocenters. The van der Waals surface area contributed by atoms with E-state index in [1.807, 2.05) is 6.07 Å². The van der Waals surface area contributed by atoms with Gasteiger partial charge in [-0.15, -0.1) is 15.3 Å². The molecule has 1 N–H and O–H groups in total. The third-order valence-corrected chi connectivity index (χ3v) is 5.28. The van der Waals surface area contributed by atoms with E-state index in [9.17, 15) is 4.79 Å². The van der Waals surface area contributed by atoms with Crippen molar-refractivity contribution in [3.05, 3.63) is 42.0 Å². The number of anilines is 1. The van der Waals surface area contributed by atoms with E-state index < -0.39 is 0 Å². The molecule has 0 saturated heterocycles. The molecular weight excluding hydrogens is 422 g/mol. The molecule has 1 amide bonds. The molecule has 10 nitrogen and oxygen atoms in total. The van der Waals surface area contributed by atoms with Crippen LogP contribution in [0.2, 0.25) is 0 Å². The quantitative estimate of drug-likeness (QED) is 0.466. The average molecular weight is 441 g/mol. The maximum absolute atomic E-state index is 12.7. The molecule has 0 fully saturated rings. The van der Waals surface area contributed by atoms with E-state index in [4.69, 9.17) is 18.9 Å². The molecule has 160 valence electrons. The van der Waals surface area contributed by atoms with Gasteiger partial charge in [-0.25, -0.2) is 0 Å². The molecule has 0 bridgehead atoms. The second-order valence-electron chi connectivity index (χ2n) is 6.25. The molecule has 0 aliphatic carbocycles. The third kappa shape index (κ3) is 3.94. The monoisotopic (exact) mass is 441 g/mol. The van der Waals surface area contributed by atoms with Gasteiger partial charge < -0.3 is 18.9 Å². The first-order chi connectivity index (χ1) is 15.1. The molecule has 0 aliphatic rings. The van der Waals surface area contributed by atoms with Crippen LogP contribution in [0.5, 0.6) is 23.0 Å². The molecule has 0 saturated carbocycles. The van der Waals surface area contributed by atoms with Crippen LogP contribution in [-0.2, 0) is 0 Å². The lowest BCUT2D eigenvalue weighted by Crippen LogP contribution is -2.12. The number of hydrogen-bond acceptors (Lipinski definition) is 9. The van der Waals surface area contributed by atoms with E-state index in [2.05, 4.69) is 20.6 Å². The van der Waals surface area contributed by atoms with Crippen LogP contribution in [0, 0.1) is 0 Å². The van der Waals surface area contributed by atoms with E-state index >= 15 is 0 Å². The Morgan fingerprint density at radius 1 is 0.903 bits per heavy atom. The number of nitrogens with zero attached hydrogens (tertiary/aromatic N) is 4. The summed E-state index contributed by atoms with van der Waals surface area (Å²) in [6, 6.07) is 10.3. The Labute approximate surface area is 181 Å². The minimum atomic E-state index is -0.352. The largest absolute Gasteiger partial charge is 0.497 e.